The van der Waals surface area contributed by atoms with Gasteiger partial charge in [-0.25, -0.2) is 8.42 Å². The summed E-state index contributed by atoms with van der Waals surface area (Å²) in [6.07, 6.45) is -7.69. The van der Waals surface area contributed by atoms with Gasteiger partial charge in [-0.05, 0) is 56.9 Å². The van der Waals surface area contributed by atoms with E-state index in [1.165, 1.54) is 0 Å². The van der Waals surface area contributed by atoms with Crippen molar-refractivity contribution in [1.82, 2.24) is 15.1 Å². The third kappa shape index (κ3) is 5.87. The van der Waals surface area contributed by atoms with Gasteiger partial charge in [-0.1, -0.05) is 6.07 Å². The maximum Gasteiger partial charge on any atom is 0.416 e. The number of nitrogens with one attached hydrogen (secondary N) is 1. The number of sulfone groups is 1. The van der Waals surface area contributed by atoms with E-state index in [0.29, 0.717) is 10.7 Å². The van der Waals surface area contributed by atoms with Crippen LogP contribution in [0.5, 0.6) is 0 Å². The number of nitrogens with zero attached hydrogens (tertiary/aromatic N) is 2. The maximum absolute atomic E-state index is 13.0. The Morgan fingerprint density at radius 3 is 2.36 bits per heavy atom. The monoisotopic (exact) mass is 497 g/mol. The minimum atomic E-state index is -4.68. The highest BCUT2D eigenvalue weighted by Gasteiger charge is 2.40. The van der Waals surface area contributed by atoms with Crippen molar-refractivity contribution in [3.63, 3.8) is 0 Å². The van der Waals surface area contributed by atoms with Crippen LogP contribution in [0.1, 0.15) is 48.7 Å². The molecule has 182 valence electrons. The van der Waals surface area contributed by atoms with Gasteiger partial charge < -0.3 is 5.32 Å². The molecular formula is C20H21F6N3O3S. The summed E-state index contributed by atoms with van der Waals surface area (Å²) in [4.78, 5) is 12.1. The van der Waals surface area contributed by atoms with Crippen LogP contribution in [0, 0.1) is 0 Å². The maximum atomic E-state index is 13.0. The standard InChI is InChI=1S/C20H21F6N3O3S/c1-18(28-17(30)16-7-10-27-29(16)12-19(21,22)23)8-5-14(6-9-18)33(31,32)15-4-2-3-13(11-15)20(24,25)26/h2-4,7,10-11,14H,5-6,8-9,12H2,1H3,(H,28,30). The Hall–Kier alpha value is -2.57. The van der Waals surface area contributed by atoms with E-state index in [-0.39, 0.29) is 31.4 Å². The molecule has 1 fully saturated rings. The highest BCUT2D eigenvalue weighted by atomic mass is 32.2. The molecule has 0 saturated heterocycles. The Morgan fingerprint density at radius 2 is 1.79 bits per heavy atom. The summed E-state index contributed by atoms with van der Waals surface area (Å²) in [6.45, 7) is 0.208. The Kier molecular flexibility index (Phi) is 6.57. The molecule has 1 N–H and O–H groups in total. The van der Waals surface area contributed by atoms with Gasteiger partial charge in [-0.15, -0.1) is 0 Å². The molecule has 0 bridgehead atoms. The molecule has 1 aliphatic carbocycles. The van der Waals surface area contributed by atoms with Gasteiger partial charge in [0, 0.05) is 11.7 Å². The van der Waals surface area contributed by atoms with Crippen LogP contribution in [0.25, 0.3) is 0 Å². The highest BCUT2D eigenvalue weighted by molar-refractivity contribution is 7.92. The first kappa shape index (κ1) is 25.1. The van der Waals surface area contributed by atoms with Crippen molar-refractivity contribution in [2.75, 3.05) is 0 Å². The lowest BCUT2D eigenvalue weighted by molar-refractivity contribution is -0.142. The van der Waals surface area contributed by atoms with Gasteiger partial charge in [0.15, 0.2) is 9.84 Å². The zero-order chi connectivity index (χ0) is 24.7. The SMILES string of the molecule is CC1(NC(=O)c2ccnn2CC(F)(F)F)CCC(S(=O)(=O)c2cccc(C(F)(F)F)c2)CC1. The number of rotatable bonds is 5. The molecule has 1 aromatic carbocycles. The van der Waals surface area contributed by atoms with Crippen LogP contribution in [-0.4, -0.2) is 41.1 Å². The molecule has 0 atom stereocenters. The zero-order valence-electron chi connectivity index (χ0n) is 17.4. The number of amides is 1. The number of carbonyl (C=O) groups is 1. The summed E-state index contributed by atoms with van der Waals surface area (Å²) >= 11 is 0. The fraction of sp³-hybridized carbons (Fsp3) is 0.500. The summed E-state index contributed by atoms with van der Waals surface area (Å²) in [5, 5.41) is 5.23. The lowest BCUT2D eigenvalue weighted by Crippen LogP contribution is -2.50. The Labute approximate surface area is 185 Å². The predicted octanol–water partition coefficient (Wildman–Crippen LogP) is 4.37. The van der Waals surface area contributed by atoms with Crippen LogP contribution in [-0.2, 0) is 22.6 Å². The quantitative estimate of drug-likeness (QED) is 0.623. The van der Waals surface area contributed by atoms with Gasteiger partial charge >= 0.3 is 12.4 Å². The first-order valence-corrected chi connectivity index (χ1v) is 11.5. The number of hydrogen-bond acceptors (Lipinski definition) is 4. The van der Waals surface area contributed by atoms with Crippen LogP contribution in [0.4, 0.5) is 26.3 Å². The molecule has 1 amide bonds. The van der Waals surface area contributed by atoms with Gasteiger partial charge in [0.2, 0.25) is 0 Å². The molecule has 6 nitrogen and oxygen atoms in total. The van der Waals surface area contributed by atoms with Crippen molar-refractivity contribution in [2.24, 2.45) is 0 Å². The largest absolute Gasteiger partial charge is 0.416 e. The average molecular weight is 497 g/mol. The molecule has 1 heterocycles. The summed E-state index contributed by atoms with van der Waals surface area (Å²) in [5.74, 6) is -0.779. The molecule has 0 spiro atoms. The minimum Gasteiger partial charge on any atom is -0.346 e. The van der Waals surface area contributed by atoms with E-state index in [0.717, 1.165) is 30.5 Å². The van der Waals surface area contributed by atoms with Gasteiger partial charge in [0.1, 0.15) is 12.2 Å². The van der Waals surface area contributed by atoms with E-state index in [1.54, 1.807) is 6.92 Å². The van der Waals surface area contributed by atoms with Crippen molar-refractivity contribution in [2.45, 2.75) is 67.2 Å². The molecule has 2 aromatic rings. The Bertz CT molecular complexity index is 1120. The Morgan fingerprint density at radius 1 is 1.15 bits per heavy atom. The third-order valence-electron chi connectivity index (χ3n) is 5.66. The lowest BCUT2D eigenvalue weighted by atomic mass is 9.83. The predicted molar refractivity (Wildman–Crippen MR) is 105 cm³/mol. The van der Waals surface area contributed by atoms with Crippen LogP contribution in [0.3, 0.4) is 0 Å². The number of carbonyl (C=O) groups excluding carboxylic acids is 1. The van der Waals surface area contributed by atoms with Gasteiger partial charge in [0.05, 0.1) is 15.7 Å². The van der Waals surface area contributed by atoms with E-state index in [2.05, 4.69) is 10.4 Å². The van der Waals surface area contributed by atoms with Crippen LogP contribution in [0.2, 0.25) is 0 Å². The normalized spacial score (nSPS) is 22.2. The second kappa shape index (κ2) is 8.65. The van der Waals surface area contributed by atoms with Gasteiger partial charge in [0.25, 0.3) is 5.91 Å². The van der Waals surface area contributed by atoms with E-state index in [4.69, 9.17) is 0 Å². The van der Waals surface area contributed by atoms with E-state index in [1.807, 2.05) is 0 Å². The summed E-state index contributed by atoms with van der Waals surface area (Å²) in [6, 6.07) is 4.69. The van der Waals surface area contributed by atoms with Crippen LogP contribution < -0.4 is 5.32 Å². The fourth-order valence-corrected chi connectivity index (χ4v) is 5.67. The molecule has 0 unspecified atom stereocenters. The topological polar surface area (TPSA) is 81.1 Å². The molecule has 1 saturated carbocycles. The van der Waals surface area contributed by atoms with Crippen molar-refractivity contribution in [1.29, 1.82) is 0 Å². The van der Waals surface area contributed by atoms with E-state index >= 15 is 0 Å². The van der Waals surface area contributed by atoms with Crippen LogP contribution >= 0.6 is 0 Å². The molecular weight excluding hydrogens is 476 g/mol. The molecule has 3 rings (SSSR count). The first-order chi connectivity index (χ1) is 15.1. The van der Waals surface area contributed by atoms with Crippen molar-refractivity contribution in [3.05, 3.63) is 47.8 Å². The highest BCUT2D eigenvalue weighted by Crippen LogP contribution is 2.36. The zero-order valence-corrected chi connectivity index (χ0v) is 18.2. The minimum absolute atomic E-state index is 0.0666. The molecule has 0 radical (unpaired) electrons. The average Bonchev–Trinajstić information content (AvgIpc) is 3.14. The van der Waals surface area contributed by atoms with Crippen molar-refractivity contribution >= 4 is 15.7 Å². The number of alkyl halides is 6. The van der Waals surface area contributed by atoms with E-state index < -0.39 is 55.9 Å². The molecule has 0 aliphatic heterocycles. The Balaban J connectivity index is 1.69. The smallest absolute Gasteiger partial charge is 0.346 e. The second-order valence-electron chi connectivity index (χ2n) is 8.27. The number of aromatic nitrogens is 2. The van der Waals surface area contributed by atoms with Crippen LogP contribution in [0.15, 0.2) is 41.4 Å². The third-order valence-corrected chi connectivity index (χ3v) is 7.92. The summed E-state index contributed by atoms with van der Waals surface area (Å²) < 4.78 is 103. The van der Waals surface area contributed by atoms with E-state index in [9.17, 15) is 39.6 Å². The molecule has 1 aromatic heterocycles. The van der Waals surface area contributed by atoms with Crippen molar-refractivity contribution in [3.8, 4) is 0 Å². The van der Waals surface area contributed by atoms with Gasteiger partial charge in [-0.2, -0.15) is 31.4 Å². The number of hydrogen-bond donors (Lipinski definition) is 1. The lowest BCUT2D eigenvalue weighted by Gasteiger charge is -2.37. The second-order valence-corrected chi connectivity index (χ2v) is 10.5. The first-order valence-electron chi connectivity index (χ1n) is 9.93. The molecule has 1 aliphatic rings. The molecule has 13 heteroatoms. The van der Waals surface area contributed by atoms with Crippen molar-refractivity contribution < 1.29 is 39.6 Å². The summed E-state index contributed by atoms with van der Waals surface area (Å²) in [7, 11) is -4.05. The fourth-order valence-electron chi connectivity index (χ4n) is 3.87. The molecule has 33 heavy (non-hydrogen) atoms. The number of halogens is 6. The summed E-state index contributed by atoms with van der Waals surface area (Å²) in [5.41, 5.74) is -2.25. The van der Waals surface area contributed by atoms with Gasteiger partial charge in [-0.3, -0.25) is 9.48 Å². The number of benzene rings is 1.